The third kappa shape index (κ3) is 3.18. The van der Waals surface area contributed by atoms with E-state index in [0.717, 1.165) is 6.07 Å². The van der Waals surface area contributed by atoms with Crippen molar-refractivity contribution in [2.75, 3.05) is 14.2 Å². The molecule has 0 aromatic heterocycles. The first-order valence-electron chi connectivity index (χ1n) is 6.25. The van der Waals surface area contributed by atoms with Gasteiger partial charge in [0.25, 0.3) is 0 Å². The number of carbonyl (C=O) groups is 1. The second-order valence-corrected chi connectivity index (χ2v) is 4.38. The highest BCUT2D eigenvalue weighted by Crippen LogP contribution is 2.26. The van der Waals surface area contributed by atoms with Crippen molar-refractivity contribution in [3.63, 3.8) is 0 Å². The lowest BCUT2D eigenvalue weighted by atomic mass is 10.0. The van der Waals surface area contributed by atoms with Gasteiger partial charge in [-0.3, -0.25) is 4.79 Å². The molecule has 0 N–H and O–H groups in total. The maximum atomic E-state index is 13.6. The molecule has 21 heavy (non-hydrogen) atoms. The van der Waals surface area contributed by atoms with Crippen molar-refractivity contribution in [3.05, 3.63) is 59.2 Å². The predicted molar refractivity (Wildman–Crippen MR) is 73.9 cm³/mol. The fourth-order valence-electron chi connectivity index (χ4n) is 1.99. The number of benzene rings is 2. The highest BCUT2D eigenvalue weighted by Gasteiger charge is 2.17. The summed E-state index contributed by atoms with van der Waals surface area (Å²) in [6.45, 7) is 0. The lowest BCUT2D eigenvalue weighted by Crippen LogP contribution is -2.08. The first kappa shape index (κ1) is 15.0. The van der Waals surface area contributed by atoms with E-state index in [-0.39, 0.29) is 23.3 Å². The molecule has 110 valence electrons. The first-order valence-corrected chi connectivity index (χ1v) is 6.25. The van der Waals surface area contributed by atoms with Gasteiger partial charge in [-0.05, 0) is 29.8 Å². The molecule has 2 rings (SSSR count). The molecule has 0 unspecified atom stereocenters. The summed E-state index contributed by atoms with van der Waals surface area (Å²) in [5, 5.41) is 0. The monoisotopic (exact) mass is 292 g/mol. The van der Waals surface area contributed by atoms with Gasteiger partial charge >= 0.3 is 0 Å². The van der Waals surface area contributed by atoms with Crippen molar-refractivity contribution in [2.24, 2.45) is 0 Å². The van der Waals surface area contributed by atoms with Crippen LogP contribution in [0.3, 0.4) is 0 Å². The highest BCUT2D eigenvalue weighted by molar-refractivity contribution is 6.00. The molecule has 0 aliphatic rings. The standard InChI is InChI=1S/C16H14F2O3/c1-20-11-6-7-15(21-2)12(9-11)14(19)8-10-4-3-5-13(17)16(10)18/h3-7,9H,8H2,1-2H3. The first-order chi connectivity index (χ1) is 10.1. The molecular weight excluding hydrogens is 278 g/mol. The number of methoxy groups -OCH3 is 2. The van der Waals surface area contributed by atoms with Gasteiger partial charge in [0.05, 0.1) is 19.8 Å². The summed E-state index contributed by atoms with van der Waals surface area (Å²) in [7, 11) is 2.91. The Morgan fingerprint density at radius 1 is 1.10 bits per heavy atom. The van der Waals surface area contributed by atoms with E-state index < -0.39 is 11.6 Å². The fraction of sp³-hybridized carbons (Fsp3) is 0.188. The second kappa shape index (κ2) is 6.35. The highest BCUT2D eigenvalue weighted by atomic mass is 19.2. The van der Waals surface area contributed by atoms with E-state index in [0.29, 0.717) is 11.5 Å². The fourth-order valence-corrected chi connectivity index (χ4v) is 1.99. The second-order valence-electron chi connectivity index (χ2n) is 4.38. The van der Waals surface area contributed by atoms with Crippen LogP contribution >= 0.6 is 0 Å². The Bertz CT molecular complexity index is 669. The van der Waals surface area contributed by atoms with Crippen LogP contribution in [0.25, 0.3) is 0 Å². The summed E-state index contributed by atoms with van der Waals surface area (Å²) in [4.78, 5) is 12.3. The van der Waals surface area contributed by atoms with Gasteiger partial charge in [0.15, 0.2) is 17.4 Å². The van der Waals surface area contributed by atoms with Gasteiger partial charge in [-0.15, -0.1) is 0 Å². The lowest BCUT2D eigenvalue weighted by molar-refractivity contribution is 0.0988. The number of ketones is 1. The Labute approximate surface area is 121 Å². The van der Waals surface area contributed by atoms with E-state index in [9.17, 15) is 13.6 Å². The molecule has 0 spiro atoms. The number of halogens is 2. The summed E-state index contributed by atoms with van der Waals surface area (Å²) in [5.41, 5.74) is 0.269. The van der Waals surface area contributed by atoms with E-state index in [4.69, 9.17) is 9.47 Å². The van der Waals surface area contributed by atoms with E-state index in [1.165, 1.54) is 32.4 Å². The summed E-state index contributed by atoms with van der Waals surface area (Å²) in [6.07, 6.45) is -0.257. The number of rotatable bonds is 5. The Morgan fingerprint density at radius 2 is 1.86 bits per heavy atom. The van der Waals surface area contributed by atoms with Crippen LogP contribution in [0.1, 0.15) is 15.9 Å². The van der Waals surface area contributed by atoms with Crippen molar-refractivity contribution >= 4 is 5.78 Å². The van der Waals surface area contributed by atoms with Gasteiger partial charge in [-0.25, -0.2) is 8.78 Å². The molecule has 0 saturated carbocycles. The van der Waals surface area contributed by atoms with Gasteiger partial charge in [0.1, 0.15) is 11.5 Å². The summed E-state index contributed by atoms with van der Waals surface area (Å²) >= 11 is 0. The average molecular weight is 292 g/mol. The van der Waals surface area contributed by atoms with E-state index in [1.54, 1.807) is 12.1 Å². The van der Waals surface area contributed by atoms with Gasteiger partial charge in [0.2, 0.25) is 0 Å². The predicted octanol–water partition coefficient (Wildman–Crippen LogP) is 3.41. The molecule has 0 fully saturated rings. The van der Waals surface area contributed by atoms with E-state index >= 15 is 0 Å². The number of carbonyl (C=O) groups excluding carboxylic acids is 1. The van der Waals surface area contributed by atoms with Gasteiger partial charge < -0.3 is 9.47 Å². The number of Topliss-reactive ketones (excluding diaryl/α,β-unsaturated/α-hetero) is 1. The molecule has 0 bridgehead atoms. The summed E-state index contributed by atoms with van der Waals surface area (Å²) in [5.74, 6) is -1.52. The number of hydrogen-bond acceptors (Lipinski definition) is 3. The molecule has 0 amide bonds. The van der Waals surface area contributed by atoms with Gasteiger partial charge in [-0.2, -0.15) is 0 Å². The van der Waals surface area contributed by atoms with Crippen LogP contribution < -0.4 is 9.47 Å². The minimum Gasteiger partial charge on any atom is -0.497 e. The molecular formula is C16H14F2O3. The van der Waals surface area contributed by atoms with Crippen LogP contribution in [0.2, 0.25) is 0 Å². The molecule has 0 heterocycles. The number of hydrogen-bond donors (Lipinski definition) is 0. The maximum absolute atomic E-state index is 13.6. The summed E-state index contributed by atoms with van der Waals surface area (Å²) in [6, 6.07) is 8.51. The van der Waals surface area contributed by atoms with Crippen LogP contribution in [0.4, 0.5) is 8.78 Å². The molecule has 0 saturated heterocycles. The largest absolute Gasteiger partial charge is 0.497 e. The minimum atomic E-state index is -1.01. The third-order valence-electron chi connectivity index (χ3n) is 3.09. The van der Waals surface area contributed by atoms with Crippen molar-refractivity contribution < 1.29 is 23.0 Å². The van der Waals surface area contributed by atoms with E-state index in [1.807, 2.05) is 0 Å². The normalized spacial score (nSPS) is 10.3. The molecule has 5 heteroatoms. The molecule has 0 radical (unpaired) electrons. The Kier molecular flexibility index (Phi) is 4.52. The topological polar surface area (TPSA) is 35.5 Å². The lowest BCUT2D eigenvalue weighted by Gasteiger charge is -2.10. The summed E-state index contributed by atoms with van der Waals surface area (Å²) < 4.78 is 37.0. The van der Waals surface area contributed by atoms with Crippen molar-refractivity contribution in [2.45, 2.75) is 6.42 Å². The quantitative estimate of drug-likeness (QED) is 0.792. The van der Waals surface area contributed by atoms with Crippen LogP contribution in [0.5, 0.6) is 11.5 Å². The SMILES string of the molecule is COc1ccc(OC)c(C(=O)Cc2cccc(F)c2F)c1. The average Bonchev–Trinajstić information content (AvgIpc) is 2.51. The number of ether oxygens (including phenoxy) is 2. The van der Waals surface area contributed by atoms with Crippen molar-refractivity contribution in [3.8, 4) is 11.5 Å². The van der Waals surface area contributed by atoms with Crippen LogP contribution in [0, 0.1) is 11.6 Å². The molecule has 0 atom stereocenters. The Balaban J connectivity index is 2.34. The van der Waals surface area contributed by atoms with Gasteiger partial charge in [0, 0.05) is 6.42 Å². The minimum absolute atomic E-state index is 0.00451. The van der Waals surface area contributed by atoms with Crippen LogP contribution in [-0.2, 0) is 6.42 Å². The van der Waals surface area contributed by atoms with Crippen LogP contribution in [0.15, 0.2) is 36.4 Å². The van der Waals surface area contributed by atoms with Crippen molar-refractivity contribution in [1.82, 2.24) is 0 Å². The Morgan fingerprint density at radius 3 is 2.52 bits per heavy atom. The van der Waals surface area contributed by atoms with Crippen molar-refractivity contribution in [1.29, 1.82) is 0 Å². The smallest absolute Gasteiger partial charge is 0.171 e. The zero-order valence-corrected chi connectivity index (χ0v) is 11.7. The zero-order chi connectivity index (χ0) is 15.4. The molecule has 3 nitrogen and oxygen atoms in total. The maximum Gasteiger partial charge on any atom is 0.171 e. The van der Waals surface area contributed by atoms with E-state index in [2.05, 4.69) is 0 Å². The molecule has 0 aliphatic carbocycles. The molecule has 2 aromatic carbocycles. The molecule has 0 aliphatic heterocycles. The Hall–Kier alpha value is -2.43. The zero-order valence-electron chi connectivity index (χ0n) is 11.7. The van der Waals surface area contributed by atoms with Gasteiger partial charge in [-0.1, -0.05) is 12.1 Å². The van der Waals surface area contributed by atoms with Crippen LogP contribution in [-0.4, -0.2) is 20.0 Å². The third-order valence-corrected chi connectivity index (χ3v) is 3.09. The molecule has 2 aromatic rings.